The van der Waals surface area contributed by atoms with Crippen LogP contribution in [0.1, 0.15) is 48.4 Å². The van der Waals surface area contributed by atoms with Gasteiger partial charge in [-0.25, -0.2) is 4.57 Å². The van der Waals surface area contributed by atoms with Crippen molar-refractivity contribution in [2.24, 2.45) is 7.05 Å². The van der Waals surface area contributed by atoms with Gasteiger partial charge in [-0.15, -0.1) is 0 Å². The Morgan fingerprint density at radius 2 is 1.79 bits per heavy atom. The Kier molecular flexibility index (Phi) is 3.53. The zero-order valence-corrected chi connectivity index (χ0v) is 17.4. The molecule has 1 aliphatic carbocycles. The second-order valence-corrected chi connectivity index (χ2v) is 8.74. The molecule has 6 rings (SSSR count). The molecule has 0 radical (unpaired) electrons. The van der Waals surface area contributed by atoms with Gasteiger partial charge in [-0.3, -0.25) is 4.98 Å². The number of benzene rings is 2. The fraction of sp³-hybridized carbons (Fsp3) is 0.308. The summed E-state index contributed by atoms with van der Waals surface area (Å²) >= 11 is 0. The van der Waals surface area contributed by atoms with Gasteiger partial charge in [-0.1, -0.05) is 37.1 Å². The summed E-state index contributed by atoms with van der Waals surface area (Å²) in [5.74, 6) is 0.670. The first kappa shape index (κ1) is 17.0. The van der Waals surface area contributed by atoms with Crippen molar-refractivity contribution in [1.82, 2.24) is 9.38 Å². The normalized spacial score (nSPS) is 15.4. The van der Waals surface area contributed by atoms with E-state index in [4.69, 9.17) is 4.98 Å². The fourth-order valence-corrected chi connectivity index (χ4v) is 5.70. The van der Waals surface area contributed by atoms with Crippen LogP contribution in [0.25, 0.3) is 38.5 Å². The first-order chi connectivity index (χ1) is 14.1. The van der Waals surface area contributed by atoms with Crippen LogP contribution >= 0.6 is 0 Å². The van der Waals surface area contributed by atoms with Crippen LogP contribution in [0.2, 0.25) is 0 Å². The molecular weight excluding hydrogens is 354 g/mol. The van der Waals surface area contributed by atoms with Gasteiger partial charge in [-0.2, -0.15) is 4.40 Å². The molecule has 0 N–H and O–H groups in total. The second kappa shape index (κ2) is 6.03. The number of fused-ring (bicyclic) bond motifs is 8. The molecule has 3 heteroatoms. The monoisotopic (exact) mass is 380 g/mol. The van der Waals surface area contributed by atoms with Crippen molar-refractivity contribution in [1.29, 1.82) is 0 Å². The molecule has 3 heterocycles. The zero-order chi connectivity index (χ0) is 19.7. The summed E-state index contributed by atoms with van der Waals surface area (Å²) in [7, 11) is 2.21. The maximum atomic E-state index is 5.00. The first-order valence-corrected chi connectivity index (χ1v) is 10.8. The third-order valence-electron chi connectivity index (χ3n) is 6.92. The standard InChI is InChI=1S/C26H26N3/c1-16-15-17(2)27-24-20-11-6-7-13-21(20)29-25-19(18-9-4-5-10-18)12-8-14-22(25)28(3)26(29)23(16)24/h6-8,11-15,18H,4-5,9-10H2,1-3H3/q+1. The van der Waals surface area contributed by atoms with E-state index in [9.17, 15) is 0 Å². The molecule has 5 aromatic rings. The molecule has 144 valence electrons. The van der Waals surface area contributed by atoms with Crippen LogP contribution < -0.4 is 4.57 Å². The van der Waals surface area contributed by atoms with E-state index in [1.165, 1.54) is 69.8 Å². The molecular formula is C26H26N3+. The number of hydrogen-bond acceptors (Lipinski definition) is 1. The van der Waals surface area contributed by atoms with E-state index in [0.717, 1.165) is 11.2 Å². The van der Waals surface area contributed by atoms with Gasteiger partial charge >= 0.3 is 0 Å². The van der Waals surface area contributed by atoms with E-state index in [1.807, 2.05) is 0 Å². The second-order valence-electron chi connectivity index (χ2n) is 8.74. The van der Waals surface area contributed by atoms with Crippen LogP contribution in [-0.2, 0) is 7.05 Å². The summed E-state index contributed by atoms with van der Waals surface area (Å²) < 4.78 is 4.90. The molecule has 0 atom stereocenters. The molecule has 0 amide bonds. The van der Waals surface area contributed by atoms with Crippen molar-refractivity contribution >= 4 is 38.5 Å². The number of aromatic nitrogens is 3. The van der Waals surface area contributed by atoms with E-state index < -0.39 is 0 Å². The van der Waals surface area contributed by atoms with Crippen LogP contribution in [0.5, 0.6) is 0 Å². The summed E-state index contributed by atoms with van der Waals surface area (Å²) in [6, 6.07) is 17.9. The van der Waals surface area contributed by atoms with Gasteiger partial charge in [-0.05, 0) is 62.4 Å². The van der Waals surface area contributed by atoms with Crippen molar-refractivity contribution in [3.05, 3.63) is 65.4 Å². The highest BCUT2D eigenvalue weighted by atomic mass is 15.1. The Balaban J connectivity index is 1.95. The predicted molar refractivity (Wildman–Crippen MR) is 120 cm³/mol. The topological polar surface area (TPSA) is 21.2 Å². The van der Waals surface area contributed by atoms with Crippen molar-refractivity contribution < 1.29 is 4.57 Å². The summed E-state index contributed by atoms with van der Waals surface area (Å²) in [4.78, 5) is 5.00. The van der Waals surface area contributed by atoms with E-state index in [0.29, 0.717) is 5.92 Å². The minimum atomic E-state index is 0.670. The molecule has 29 heavy (non-hydrogen) atoms. The Morgan fingerprint density at radius 1 is 1.00 bits per heavy atom. The third kappa shape index (κ3) is 2.24. The molecule has 0 spiro atoms. The Bertz CT molecular complexity index is 1440. The van der Waals surface area contributed by atoms with E-state index >= 15 is 0 Å². The Morgan fingerprint density at radius 3 is 2.62 bits per heavy atom. The lowest BCUT2D eigenvalue weighted by atomic mass is 9.96. The maximum absolute atomic E-state index is 5.00. The summed E-state index contributed by atoms with van der Waals surface area (Å²) in [5.41, 5.74) is 10.2. The highest BCUT2D eigenvalue weighted by Crippen LogP contribution is 2.39. The minimum absolute atomic E-state index is 0.670. The van der Waals surface area contributed by atoms with Crippen LogP contribution in [0, 0.1) is 13.8 Å². The smallest absolute Gasteiger partial charge is 0.252 e. The largest absolute Gasteiger partial charge is 0.297 e. The number of hydrogen-bond donors (Lipinski definition) is 0. The lowest BCUT2D eigenvalue weighted by molar-refractivity contribution is -0.617. The number of imidazole rings is 1. The predicted octanol–water partition coefficient (Wildman–Crippen LogP) is 5.89. The van der Waals surface area contributed by atoms with Gasteiger partial charge in [0.25, 0.3) is 5.65 Å². The Hall–Kier alpha value is -2.94. The third-order valence-corrected chi connectivity index (χ3v) is 6.92. The number of aryl methyl sites for hydroxylation is 3. The van der Waals surface area contributed by atoms with Gasteiger partial charge in [0.1, 0.15) is 5.52 Å². The number of nitrogens with zero attached hydrogens (tertiary/aromatic N) is 3. The summed E-state index contributed by atoms with van der Waals surface area (Å²) in [6.07, 6.45) is 5.31. The van der Waals surface area contributed by atoms with Gasteiger partial charge < -0.3 is 0 Å². The average Bonchev–Trinajstić information content (AvgIpc) is 3.35. The number of para-hydroxylation sites is 2. The van der Waals surface area contributed by atoms with Gasteiger partial charge in [0.05, 0.1) is 18.0 Å². The molecule has 0 unspecified atom stereocenters. The molecule has 1 saturated carbocycles. The molecule has 3 aromatic heterocycles. The molecule has 1 aliphatic rings. The molecule has 3 nitrogen and oxygen atoms in total. The Labute approximate surface area is 170 Å². The first-order valence-electron chi connectivity index (χ1n) is 10.8. The van der Waals surface area contributed by atoms with Crippen molar-refractivity contribution in [2.75, 3.05) is 0 Å². The quantitative estimate of drug-likeness (QED) is 0.262. The molecule has 1 fully saturated rings. The van der Waals surface area contributed by atoms with Crippen molar-refractivity contribution in [3.8, 4) is 0 Å². The maximum Gasteiger partial charge on any atom is 0.297 e. The van der Waals surface area contributed by atoms with E-state index in [2.05, 4.69) is 78.4 Å². The highest BCUT2D eigenvalue weighted by Gasteiger charge is 2.29. The van der Waals surface area contributed by atoms with E-state index in [1.54, 1.807) is 0 Å². The average molecular weight is 381 g/mol. The van der Waals surface area contributed by atoms with Crippen LogP contribution in [0.3, 0.4) is 0 Å². The number of rotatable bonds is 1. The van der Waals surface area contributed by atoms with Gasteiger partial charge in [0.15, 0.2) is 11.0 Å². The van der Waals surface area contributed by atoms with E-state index in [-0.39, 0.29) is 0 Å². The summed E-state index contributed by atoms with van der Waals surface area (Å²) in [6.45, 7) is 4.32. The summed E-state index contributed by atoms with van der Waals surface area (Å²) in [5, 5.41) is 2.51. The zero-order valence-electron chi connectivity index (χ0n) is 17.4. The van der Waals surface area contributed by atoms with Crippen molar-refractivity contribution in [2.45, 2.75) is 45.4 Å². The number of pyridine rings is 2. The lowest BCUT2D eigenvalue weighted by Gasteiger charge is -2.10. The van der Waals surface area contributed by atoms with Gasteiger partial charge in [0, 0.05) is 16.6 Å². The molecule has 0 bridgehead atoms. The molecule has 0 saturated heterocycles. The minimum Gasteiger partial charge on any atom is -0.252 e. The van der Waals surface area contributed by atoms with Crippen LogP contribution in [0.4, 0.5) is 0 Å². The van der Waals surface area contributed by atoms with Crippen LogP contribution in [-0.4, -0.2) is 9.38 Å². The van der Waals surface area contributed by atoms with Crippen molar-refractivity contribution in [3.63, 3.8) is 0 Å². The fourth-order valence-electron chi connectivity index (χ4n) is 5.70. The molecule has 2 aromatic carbocycles. The SMILES string of the molecule is Cc1cc(C)c2c(n1)c1ccccc1n1c3c(C4CCCC4)cccc3[n+](C)c21. The lowest BCUT2D eigenvalue weighted by Crippen LogP contribution is -2.27. The van der Waals surface area contributed by atoms with Crippen LogP contribution in [0.15, 0.2) is 48.5 Å². The molecule has 0 aliphatic heterocycles. The highest BCUT2D eigenvalue weighted by molar-refractivity contribution is 6.12. The van der Waals surface area contributed by atoms with Gasteiger partial charge in [0.2, 0.25) is 0 Å².